The van der Waals surface area contributed by atoms with Gasteiger partial charge in [0.05, 0.1) is 0 Å². The first-order valence-corrected chi connectivity index (χ1v) is 4.97. The summed E-state index contributed by atoms with van der Waals surface area (Å²) in [5, 5.41) is 0. The molecule has 76 valence electrons. The fourth-order valence-corrected chi connectivity index (χ4v) is 0.711. The molecule has 0 radical (unpaired) electrons. The summed E-state index contributed by atoms with van der Waals surface area (Å²) in [4.78, 5) is 11.5. The number of carbonyl (C=O) groups is 1. The highest BCUT2D eigenvalue weighted by Crippen LogP contribution is 2.17. The smallest absolute Gasteiger partial charge is 0.160 e. The second-order valence-corrected chi connectivity index (χ2v) is 5.08. The highest BCUT2D eigenvalue weighted by Gasteiger charge is 2.18. The van der Waals surface area contributed by atoms with Crippen LogP contribution < -0.4 is 0 Å². The third-order valence-electron chi connectivity index (χ3n) is 2.34. The lowest BCUT2D eigenvalue weighted by Gasteiger charge is -2.14. The van der Waals surface area contributed by atoms with E-state index in [1.807, 2.05) is 26.8 Å². The van der Waals surface area contributed by atoms with E-state index in [2.05, 4.69) is 20.8 Å². The molecule has 0 aromatic carbocycles. The van der Waals surface area contributed by atoms with Gasteiger partial charge in [0.1, 0.15) is 0 Å². The van der Waals surface area contributed by atoms with Gasteiger partial charge >= 0.3 is 0 Å². The Morgan fingerprint density at radius 1 is 1.15 bits per heavy atom. The molecule has 0 saturated carbocycles. The molecule has 0 amide bonds. The van der Waals surface area contributed by atoms with Crippen LogP contribution in [0.2, 0.25) is 0 Å². The topological polar surface area (TPSA) is 17.1 Å². The molecule has 1 atom stereocenters. The molecule has 0 aliphatic rings. The Labute approximate surface area is 82.2 Å². The largest absolute Gasteiger partial charge is 0.294 e. The normalized spacial score (nSPS) is 15.3. The van der Waals surface area contributed by atoms with Crippen LogP contribution >= 0.6 is 0 Å². The van der Waals surface area contributed by atoms with Crippen molar-refractivity contribution < 1.29 is 4.79 Å². The first-order chi connectivity index (χ1) is 5.75. The van der Waals surface area contributed by atoms with Crippen LogP contribution in [0.5, 0.6) is 0 Å². The van der Waals surface area contributed by atoms with Crippen molar-refractivity contribution >= 4 is 5.78 Å². The Morgan fingerprint density at radius 2 is 1.62 bits per heavy atom. The zero-order valence-corrected chi connectivity index (χ0v) is 9.72. The maximum Gasteiger partial charge on any atom is 0.160 e. The average molecular weight is 182 g/mol. The SMILES string of the molecule is CC(C)[C@@H](C)/C=C/C(=O)C(C)(C)C. The van der Waals surface area contributed by atoms with Gasteiger partial charge < -0.3 is 0 Å². The second kappa shape index (κ2) is 4.59. The zero-order valence-electron chi connectivity index (χ0n) is 9.72. The minimum atomic E-state index is -0.243. The quantitative estimate of drug-likeness (QED) is 0.611. The molecule has 0 aliphatic heterocycles. The van der Waals surface area contributed by atoms with Crippen LogP contribution in [0, 0.1) is 17.3 Å². The van der Waals surface area contributed by atoms with Gasteiger partial charge in [-0.3, -0.25) is 4.79 Å². The van der Waals surface area contributed by atoms with E-state index in [1.54, 1.807) is 6.08 Å². The van der Waals surface area contributed by atoms with E-state index in [0.29, 0.717) is 11.8 Å². The van der Waals surface area contributed by atoms with Crippen LogP contribution in [0.15, 0.2) is 12.2 Å². The molecule has 0 unspecified atom stereocenters. The molecule has 0 fully saturated rings. The molecule has 0 rings (SSSR count). The summed E-state index contributed by atoms with van der Waals surface area (Å²) in [6.45, 7) is 12.3. The Morgan fingerprint density at radius 3 is 1.92 bits per heavy atom. The molecule has 0 aromatic rings. The molecule has 1 nitrogen and oxygen atoms in total. The van der Waals surface area contributed by atoms with E-state index in [1.165, 1.54) is 0 Å². The van der Waals surface area contributed by atoms with Gasteiger partial charge in [0.2, 0.25) is 0 Å². The predicted molar refractivity (Wildman–Crippen MR) is 57.6 cm³/mol. The average Bonchev–Trinajstić information content (AvgIpc) is 1.97. The molecule has 0 bridgehead atoms. The zero-order chi connectivity index (χ0) is 10.6. The highest BCUT2D eigenvalue weighted by molar-refractivity contribution is 5.93. The first kappa shape index (κ1) is 12.4. The van der Waals surface area contributed by atoms with Gasteiger partial charge in [-0.25, -0.2) is 0 Å². The molecule has 1 heteroatoms. The summed E-state index contributed by atoms with van der Waals surface area (Å²) in [7, 11) is 0. The summed E-state index contributed by atoms with van der Waals surface area (Å²) in [5.41, 5.74) is -0.243. The number of rotatable bonds is 3. The Bertz CT molecular complexity index is 194. The third-order valence-corrected chi connectivity index (χ3v) is 2.34. The highest BCUT2D eigenvalue weighted by atomic mass is 16.1. The van der Waals surface area contributed by atoms with Crippen LogP contribution in [0.1, 0.15) is 41.5 Å². The van der Waals surface area contributed by atoms with Crippen LogP contribution in [0.3, 0.4) is 0 Å². The van der Waals surface area contributed by atoms with Gasteiger partial charge in [0, 0.05) is 5.41 Å². The summed E-state index contributed by atoms with van der Waals surface area (Å²) in [6.07, 6.45) is 3.74. The van der Waals surface area contributed by atoms with Gasteiger partial charge in [-0.15, -0.1) is 0 Å². The van der Waals surface area contributed by atoms with E-state index in [0.717, 1.165) is 0 Å². The van der Waals surface area contributed by atoms with Crippen molar-refractivity contribution in [3.8, 4) is 0 Å². The third kappa shape index (κ3) is 4.87. The minimum absolute atomic E-state index is 0.208. The van der Waals surface area contributed by atoms with Gasteiger partial charge in [0.25, 0.3) is 0 Å². The van der Waals surface area contributed by atoms with Crippen molar-refractivity contribution in [2.45, 2.75) is 41.5 Å². The molecule has 13 heavy (non-hydrogen) atoms. The Kier molecular flexibility index (Phi) is 4.38. The van der Waals surface area contributed by atoms with Crippen molar-refractivity contribution in [1.82, 2.24) is 0 Å². The lowest BCUT2D eigenvalue weighted by Crippen LogP contribution is -2.17. The molecule has 0 heterocycles. The predicted octanol–water partition coefficient (Wildman–Crippen LogP) is 3.45. The summed E-state index contributed by atoms with van der Waals surface area (Å²) < 4.78 is 0. The molecule has 0 aliphatic carbocycles. The van der Waals surface area contributed by atoms with Crippen molar-refractivity contribution in [1.29, 1.82) is 0 Å². The van der Waals surface area contributed by atoms with Crippen molar-refractivity contribution in [3.63, 3.8) is 0 Å². The fourth-order valence-electron chi connectivity index (χ4n) is 0.711. The minimum Gasteiger partial charge on any atom is -0.294 e. The fraction of sp³-hybridized carbons (Fsp3) is 0.750. The Hall–Kier alpha value is -0.590. The first-order valence-electron chi connectivity index (χ1n) is 4.97. The Balaban J connectivity index is 4.21. The molecule has 0 saturated heterocycles. The van der Waals surface area contributed by atoms with E-state index >= 15 is 0 Å². The van der Waals surface area contributed by atoms with Crippen LogP contribution in [0.4, 0.5) is 0 Å². The lowest BCUT2D eigenvalue weighted by molar-refractivity contribution is -0.121. The van der Waals surface area contributed by atoms with E-state index in [9.17, 15) is 4.79 Å². The standard InChI is InChI=1S/C12H22O/c1-9(2)10(3)7-8-11(13)12(4,5)6/h7-10H,1-6H3/b8-7+/t10-/m0/s1. The van der Waals surface area contributed by atoms with Crippen LogP contribution in [-0.2, 0) is 4.79 Å². The monoisotopic (exact) mass is 182 g/mol. The van der Waals surface area contributed by atoms with E-state index < -0.39 is 0 Å². The number of hydrogen-bond acceptors (Lipinski definition) is 1. The van der Waals surface area contributed by atoms with Gasteiger partial charge in [-0.1, -0.05) is 47.6 Å². The number of hydrogen-bond donors (Lipinski definition) is 0. The van der Waals surface area contributed by atoms with Gasteiger partial charge in [-0.2, -0.15) is 0 Å². The molecular weight excluding hydrogens is 160 g/mol. The molecule has 0 N–H and O–H groups in total. The number of carbonyl (C=O) groups excluding carboxylic acids is 1. The number of allylic oxidation sites excluding steroid dienone is 2. The molecule has 0 spiro atoms. The van der Waals surface area contributed by atoms with Crippen molar-refractivity contribution in [2.75, 3.05) is 0 Å². The summed E-state index contributed by atoms with van der Waals surface area (Å²) in [6, 6.07) is 0. The van der Waals surface area contributed by atoms with Crippen LogP contribution in [-0.4, -0.2) is 5.78 Å². The summed E-state index contributed by atoms with van der Waals surface area (Å²) >= 11 is 0. The number of ketones is 1. The molecule has 0 aromatic heterocycles. The van der Waals surface area contributed by atoms with Crippen LogP contribution in [0.25, 0.3) is 0 Å². The maximum absolute atomic E-state index is 11.5. The van der Waals surface area contributed by atoms with E-state index in [4.69, 9.17) is 0 Å². The summed E-state index contributed by atoms with van der Waals surface area (Å²) in [5.74, 6) is 1.29. The lowest BCUT2D eigenvalue weighted by atomic mass is 9.89. The maximum atomic E-state index is 11.5. The second-order valence-electron chi connectivity index (χ2n) is 5.08. The molecular formula is C12H22O. The van der Waals surface area contributed by atoms with Crippen molar-refractivity contribution in [2.24, 2.45) is 17.3 Å². The van der Waals surface area contributed by atoms with Gasteiger partial charge in [0.15, 0.2) is 5.78 Å². The van der Waals surface area contributed by atoms with E-state index in [-0.39, 0.29) is 11.2 Å². The van der Waals surface area contributed by atoms with Crippen molar-refractivity contribution in [3.05, 3.63) is 12.2 Å². The van der Waals surface area contributed by atoms with Gasteiger partial charge in [-0.05, 0) is 17.9 Å².